The lowest BCUT2D eigenvalue weighted by Gasteiger charge is -2.34. The second-order valence-corrected chi connectivity index (χ2v) is 23.0. The Labute approximate surface area is 484 Å². The first-order chi connectivity index (χ1) is 38.0. The predicted molar refractivity (Wildman–Crippen MR) is 309 cm³/mol. The van der Waals surface area contributed by atoms with Crippen LogP contribution in [0.25, 0.3) is 0 Å². The fourth-order valence-electron chi connectivity index (χ4n) is 8.96. The molecule has 8 N–H and O–H groups in total. The molecule has 0 bridgehead atoms. The number of carboxylic acid groups (broad SMARTS) is 1. The second kappa shape index (κ2) is 34.3. The molecule has 1 rings (SSSR count). The minimum Gasteiger partial charge on any atom is -0.481 e. The van der Waals surface area contributed by atoms with Crippen LogP contribution >= 0.6 is 0 Å². The molecule has 11 amide bonds. The van der Waals surface area contributed by atoms with Crippen LogP contribution in [0.1, 0.15) is 114 Å². The van der Waals surface area contributed by atoms with E-state index in [1.807, 2.05) is 41.5 Å². The van der Waals surface area contributed by atoms with Crippen molar-refractivity contribution in [2.45, 2.75) is 176 Å². The van der Waals surface area contributed by atoms with Crippen LogP contribution in [0.4, 0.5) is 0 Å². The quantitative estimate of drug-likeness (QED) is 0.0463. The SMILES string of the molecule is CN[C@@H](C)C(=O)N[C@@H](CC(C)C)C(=O)N(C)[C@@H](CC(C)C)C(=O)N[C@@H](C)C(=O)N(C)[C@@H](Cc1ccccc1)C(=O)NCC(=O)N(C)[C@@H](C)C(=O)N[C@@H](CC(C)C)C(=O)N[C@@H](C)C(=O)N(C)[C@H](C(=O)N[C@@H](CC(=O)O)C(=O)N(C)C)C(C)C. The summed E-state index contributed by atoms with van der Waals surface area (Å²) in [5.74, 6) is -9.25. The topological polar surface area (TPSA) is 325 Å². The monoisotopic (exact) mass is 1160 g/mol. The number of benzene rings is 1. The van der Waals surface area contributed by atoms with Gasteiger partial charge in [-0.2, -0.15) is 0 Å². The van der Waals surface area contributed by atoms with Crippen LogP contribution in [0.2, 0.25) is 0 Å². The van der Waals surface area contributed by atoms with Gasteiger partial charge in [0.2, 0.25) is 65.0 Å². The van der Waals surface area contributed by atoms with Gasteiger partial charge in [-0.3, -0.25) is 57.5 Å². The third-order valence-corrected chi connectivity index (χ3v) is 14.0. The lowest BCUT2D eigenvalue weighted by atomic mass is 9.98. The first-order valence-electron chi connectivity index (χ1n) is 28.0. The third-order valence-electron chi connectivity index (χ3n) is 14.0. The van der Waals surface area contributed by atoms with E-state index in [4.69, 9.17) is 0 Å². The summed E-state index contributed by atoms with van der Waals surface area (Å²) in [6.45, 7) is 19.8. The van der Waals surface area contributed by atoms with Gasteiger partial charge in [0.05, 0.1) is 19.0 Å². The maximum absolute atomic E-state index is 14.2. The van der Waals surface area contributed by atoms with Crippen LogP contribution in [0.3, 0.4) is 0 Å². The fraction of sp³-hybridized carbons (Fsp3) is 0.684. The molecule has 0 aromatic heterocycles. The number of hydrogen-bond donors (Lipinski definition) is 8. The average molecular weight is 1160 g/mol. The predicted octanol–water partition coefficient (Wildman–Crippen LogP) is 0.102. The molecule has 462 valence electrons. The normalized spacial score (nSPS) is 15.0. The Morgan fingerprint density at radius 3 is 1.43 bits per heavy atom. The highest BCUT2D eigenvalue weighted by molar-refractivity contribution is 5.99. The van der Waals surface area contributed by atoms with Gasteiger partial charge in [0.1, 0.15) is 54.4 Å². The van der Waals surface area contributed by atoms with Crippen molar-refractivity contribution < 1.29 is 62.6 Å². The molecule has 25 heteroatoms. The van der Waals surface area contributed by atoms with Crippen LogP contribution in [-0.2, 0) is 64.0 Å². The highest BCUT2D eigenvalue weighted by Gasteiger charge is 2.39. The van der Waals surface area contributed by atoms with Crippen LogP contribution < -0.4 is 37.2 Å². The van der Waals surface area contributed by atoms with Gasteiger partial charge in [0, 0.05) is 48.7 Å². The molecule has 0 saturated heterocycles. The number of hydrogen-bond acceptors (Lipinski definition) is 13. The number of likely N-dealkylation sites (N-methyl/N-ethyl adjacent to an activating group) is 6. The molecule has 0 aliphatic carbocycles. The number of aliphatic carboxylic acids is 1. The molecule has 0 unspecified atom stereocenters. The summed E-state index contributed by atoms with van der Waals surface area (Å²) >= 11 is 0. The van der Waals surface area contributed by atoms with Gasteiger partial charge in [-0.05, 0) is 83.2 Å². The van der Waals surface area contributed by atoms with E-state index in [1.165, 1.54) is 72.9 Å². The van der Waals surface area contributed by atoms with Gasteiger partial charge in [-0.15, -0.1) is 0 Å². The smallest absolute Gasteiger partial charge is 0.305 e. The molecule has 1 aromatic rings. The molecule has 0 heterocycles. The number of rotatable bonds is 33. The molecule has 1 aromatic carbocycles. The van der Waals surface area contributed by atoms with E-state index in [-0.39, 0.29) is 42.9 Å². The average Bonchev–Trinajstić information content (AvgIpc) is 3.39. The molecule has 82 heavy (non-hydrogen) atoms. The molecule has 0 aliphatic rings. The summed E-state index contributed by atoms with van der Waals surface area (Å²) in [6.07, 6.45) is -0.0481. The van der Waals surface area contributed by atoms with Gasteiger partial charge in [0.15, 0.2) is 0 Å². The van der Waals surface area contributed by atoms with Crippen molar-refractivity contribution in [1.82, 2.24) is 61.7 Å². The first-order valence-corrected chi connectivity index (χ1v) is 28.0. The van der Waals surface area contributed by atoms with E-state index in [0.717, 1.165) is 14.7 Å². The van der Waals surface area contributed by atoms with Gasteiger partial charge >= 0.3 is 5.97 Å². The zero-order chi connectivity index (χ0) is 63.2. The van der Waals surface area contributed by atoms with Crippen LogP contribution in [0.15, 0.2) is 30.3 Å². The van der Waals surface area contributed by atoms with Crippen LogP contribution in [0, 0.1) is 23.7 Å². The summed E-state index contributed by atoms with van der Waals surface area (Å²) in [5.41, 5.74) is 0.674. The van der Waals surface area contributed by atoms with Crippen molar-refractivity contribution in [2.75, 3.05) is 55.9 Å². The maximum Gasteiger partial charge on any atom is 0.305 e. The van der Waals surface area contributed by atoms with E-state index in [2.05, 4.69) is 37.2 Å². The summed E-state index contributed by atoms with van der Waals surface area (Å²) in [4.78, 5) is 168. The minimum absolute atomic E-state index is 0.00242. The molecule has 25 nitrogen and oxygen atoms in total. The van der Waals surface area contributed by atoms with E-state index in [1.54, 1.807) is 58.2 Å². The molecule has 0 radical (unpaired) electrons. The van der Waals surface area contributed by atoms with Crippen molar-refractivity contribution in [3.63, 3.8) is 0 Å². The van der Waals surface area contributed by atoms with E-state index >= 15 is 0 Å². The van der Waals surface area contributed by atoms with Crippen LogP contribution in [0.5, 0.6) is 0 Å². The summed E-state index contributed by atoms with van der Waals surface area (Å²) in [7, 11) is 9.98. The fourth-order valence-corrected chi connectivity index (χ4v) is 8.96. The number of amides is 11. The molecular formula is C57H96N12O13. The highest BCUT2D eigenvalue weighted by atomic mass is 16.4. The Morgan fingerprint density at radius 2 is 0.939 bits per heavy atom. The Balaban J connectivity index is 3.28. The molecule has 0 saturated carbocycles. The second-order valence-electron chi connectivity index (χ2n) is 23.0. The Hall–Kier alpha value is -7.18. The van der Waals surface area contributed by atoms with Crippen LogP contribution in [-0.4, -0.2) is 217 Å². The first kappa shape index (κ1) is 72.8. The minimum atomic E-state index is -1.41. The standard InChI is InChI=1S/C57H96N12O13/c1-31(2)25-40(50(75)60-37(11)55(80)69(19)47(34(7)8)53(78)64-42(29-46(71)72)56(81)65(14)15)62-49(74)38(12)66(16)45(70)30-59-51(76)44(28-39-23-21-20-22-24-39)67(17)54(79)36(10)61-52(77)43(27-33(5)6)68(18)57(82)41(26-32(3)4)63-48(73)35(9)58-13/h20-24,31-38,40-44,47,58H,25-30H2,1-19H3,(H,59,76)(H,60,75)(H,61,77)(H,62,74)(H,63,73)(H,64,78)(H,71,72)/t35-,36-,37-,38-,40-,41-,42-,43-,44-,47-/m0/s1. The van der Waals surface area contributed by atoms with E-state index < -0.39 is 144 Å². The maximum atomic E-state index is 14.2. The van der Waals surface area contributed by atoms with Gasteiger partial charge in [-0.1, -0.05) is 85.7 Å². The Kier molecular flexibility index (Phi) is 30.5. The van der Waals surface area contributed by atoms with Crippen molar-refractivity contribution in [1.29, 1.82) is 0 Å². The largest absolute Gasteiger partial charge is 0.481 e. The van der Waals surface area contributed by atoms with Crippen molar-refractivity contribution >= 4 is 70.9 Å². The summed E-state index contributed by atoms with van der Waals surface area (Å²) < 4.78 is 0. The summed E-state index contributed by atoms with van der Waals surface area (Å²) in [5, 5.41) is 28.1. The molecular weight excluding hydrogens is 1060 g/mol. The number of carbonyl (C=O) groups excluding carboxylic acids is 11. The van der Waals surface area contributed by atoms with E-state index in [0.29, 0.717) is 12.0 Å². The number of nitrogens with zero attached hydrogens (tertiary/aromatic N) is 5. The van der Waals surface area contributed by atoms with Gasteiger partial charge in [0.25, 0.3) is 0 Å². The Morgan fingerprint density at radius 1 is 0.463 bits per heavy atom. The lowest BCUT2D eigenvalue weighted by molar-refractivity contribution is -0.146. The number of carbonyl (C=O) groups is 12. The number of nitrogens with one attached hydrogen (secondary N) is 7. The van der Waals surface area contributed by atoms with E-state index in [9.17, 15) is 62.6 Å². The molecule has 0 spiro atoms. The van der Waals surface area contributed by atoms with Crippen molar-refractivity contribution in [2.24, 2.45) is 23.7 Å². The molecule has 0 fully saturated rings. The lowest BCUT2D eigenvalue weighted by Crippen LogP contribution is -2.60. The van der Waals surface area contributed by atoms with Gasteiger partial charge < -0.3 is 66.8 Å². The Bertz CT molecular complexity index is 2370. The zero-order valence-electron chi connectivity index (χ0n) is 51.8. The van der Waals surface area contributed by atoms with Crippen molar-refractivity contribution in [3.8, 4) is 0 Å². The zero-order valence-corrected chi connectivity index (χ0v) is 51.8. The highest BCUT2D eigenvalue weighted by Crippen LogP contribution is 2.18. The molecule has 0 aliphatic heterocycles. The van der Waals surface area contributed by atoms with Crippen molar-refractivity contribution in [3.05, 3.63) is 35.9 Å². The summed E-state index contributed by atoms with van der Waals surface area (Å²) in [6, 6.07) is -2.38. The molecule has 10 atom stereocenters. The number of carboxylic acids is 1. The van der Waals surface area contributed by atoms with Gasteiger partial charge in [-0.25, -0.2) is 0 Å². The third kappa shape index (κ3) is 23.0.